The van der Waals surface area contributed by atoms with E-state index in [2.05, 4.69) is 12.2 Å². The van der Waals surface area contributed by atoms with Crippen LogP contribution in [-0.4, -0.2) is 61.1 Å². The summed E-state index contributed by atoms with van der Waals surface area (Å²) in [5.41, 5.74) is -0.227. The zero-order valence-electron chi connectivity index (χ0n) is 30.7. The molecule has 4 rings (SSSR count). The van der Waals surface area contributed by atoms with E-state index in [9.17, 15) is 37.5 Å². The van der Waals surface area contributed by atoms with E-state index < -0.39 is 48.5 Å². The van der Waals surface area contributed by atoms with Crippen LogP contribution >= 0.6 is 0 Å². The van der Waals surface area contributed by atoms with Crippen molar-refractivity contribution in [3.05, 3.63) is 113 Å². The van der Waals surface area contributed by atoms with E-state index in [4.69, 9.17) is 18.9 Å². The molecule has 0 unspecified atom stereocenters. The Labute approximate surface area is 317 Å². The third-order valence-corrected chi connectivity index (χ3v) is 8.44. The van der Waals surface area contributed by atoms with Gasteiger partial charge in [-0.15, -0.1) is 0 Å². The van der Waals surface area contributed by atoms with Crippen molar-refractivity contribution in [1.29, 1.82) is 0 Å². The Hall–Kier alpha value is -6.05. The van der Waals surface area contributed by atoms with Crippen molar-refractivity contribution in [2.24, 2.45) is 0 Å². The number of hydrogen-bond donors (Lipinski definition) is 2. The van der Waals surface area contributed by atoms with E-state index in [-0.39, 0.29) is 40.6 Å². The molecule has 0 atom stereocenters. The number of benzene rings is 4. The maximum absolute atomic E-state index is 13.6. The number of aliphatic carboxylic acids is 1. The molecule has 55 heavy (non-hydrogen) atoms. The molecule has 0 spiro atoms. The summed E-state index contributed by atoms with van der Waals surface area (Å²) in [6.07, 6.45) is 0.316. The quantitative estimate of drug-likeness (QED) is 0.0549. The average Bonchev–Trinajstić information content (AvgIpc) is 3.16. The number of unbranched alkanes of at least 4 members (excludes halogenated alkanes) is 4. The fourth-order valence-corrected chi connectivity index (χ4v) is 5.59. The van der Waals surface area contributed by atoms with E-state index in [1.165, 1.54) is 82.0 Å². The summed E-state index contributed by atoms with van der Waals surface area (Å²) < 4.78 is 62.4. The van der Waals surface area contributed by atoms with Gasteiger partial charge in [0.25, 0.3) is 5.91 Å². The van der Waals surface area contributed by atoms with Crippen LogP contribution in [0.1, 0.15) is 76.4 Å². The van der Waals surface area contributed by atoms with Gasteiger partial charge in [-0.2, -0.15) is 13.2 Å². The number of anilines is 1. The first kappa shape index (κ1) is 41.7. The van der Waals surface area contributed by atoms with Gasteiger partial charge in [-0.05, 0) is 84.8 Å². The minimum absolute atomic E-state index is 0.00284. The molecule has 2 amide bonds. The number of amides is 2. The first-order chi connectivity index (χ1) is 26.3. The maximum Gasteiger partial charge on any atom is 0.416 e. The minimum Gasteiger partial charge on any atom is -0.497 e. The third-order valence-electron chi connectivity index (χ3n) is 8.44. The lowest BCUT2D eigenvalue weighted by Gasteiger charge is -2.22. The first-order valence-corrected chi connectivity index (χ1v) is 17.6. The van der Waals surface area contributed by atoms with Crippen molar-refractivity contribution in [3.63, 3.8) is 0 Å². The van der Waals surface area contributed by atoms with Crippen molar-refractivity contribution in [1.82, 2.24) is 4.90 Å². The number of carbonyl (C=O) groups is 4. The molecule has 0 aromatic heterocycles. The summed E-state index contributed by atoms with van der Waals surface area (Å²) in [5.74, 6) is -2.24. The van der Waals surface area contributed by atoms with Gasteiger partial charge < -0.3 is 34.3 Å². The second-order valence-electron chi connectivity index (χ2n) is 12.5. The molecular formula is C41H43F3N2O9. The molecule has 0 fully saturated rings. The molecule has 0 bridgehead atoms. The molecule has 0 saturated heterocycles. The third kappa shape index (κ3) is 12.5. The van der Waals surface area contributed by atoms with Crippen LogP contribution in [0.2, 0.25) is 0 Å². The Morgan fingerprint density at radius 3 is 2.02 bits per heavy atom. The number of ether oxygens (including phenoxy) is 4. The summed E-state index contributed by atoms with van der Waals surface area (Å²) in [4.78, 5) is 51.8. The normalized spacial score (nSPS) is 11.0. The summed E-state index contributed by atoms with van der Waals surface area (Å²) >= 11 is 0. The van der Waals surface area contributed by atoms with E-state index >= 15 is 0 Å². The zero-order chi connectivity index (χ0) is 40.0. The molecule has 14 heteroatoms. The molecule has 0 aliphatic heterocycles. The van der Waals surface area contributed by atoms with Gasteiger partial charge in [0.05, 0.1) is 44.9 Å². The molecule has 0 aliphatic rings. The van der Waals surface area contributed by atoms with Gasteiger partial charge in [0.2, 0.25) is 5.91 Å². The van der Waals surface area contributed by atoms with E-state index in [0.29, 0.717) is 23.5 Å². The number of alkyl halides is 3. The van der Waals surface area contributed by atoms with E-state index in [1.807, 2.05) is 0 Å². The van der Waals surface area contributed by atoms with Gasteiger partial charge in [-0.1, -0.05) is 38.7 Å². The molecule has 2 N–H and O–H groups in total. The standard InChI is InChI=1S/C41H43F3N2O9/c1-4-5-6-7-8-21-54-32-17-11-28(12-18-32)40(51)55-34-20-14-30(36(24-34)53-3)25-46(26-38(48)49)39(50)27-9-15-31(16-10-27)45-37(47)22-29-13-19-33(52-2)23-35(29)41(42,43)44/h9-20,23-24H,4-8,21-22,25-26H2,1-3H3,(H,45,47)(H,48,49). The largest absolute Gasteiger partial charge is 0.497 e. The van der Waals surface area contributed by atoms with Gasteiger partial charge in [0.15, 0.2) is 0 Å². The number of methoxy groups -OCH3 is 2. The summed E-state index contributed by atoms with van der Waals surface area (Å²) in [5, 5.41) is 12.1. The average molecular weight is 765 g/mol. The van der Waals surface area contributed by atoms with Crippen LogP contribution in [0.5, 0.6) is 23.0 Å². The second kappa shape index (κ2) is 19.9. The van der Waals surface area contributed by atoms with Crippen LogP contribution in [0.3, 0.4) is 0 Å². The molecule has 4 aromatic carbocycles. The Morgan fingerprint density at radius 2 is 1.38 bits per heavy atom. The van der Waals surface area contributed by atoms with Crippen molar-refractivity contribution in [2.45, 2.75) is 58.2 Å². The molecular weight excluding hydrogens is 721 g/mol. The first-order valence-electron chi connectivity index (χ1n) is 17.6. The summed E-state index contributed by atoms with van der Waals surface area (Å²) in [6.45, 7) is 1.89. The Balaban J connectivity index is 1.38. The lowest BCUT2D eigenvalue weighted by atomic mass is 10.0. The van der Waals surface area contributed by atoms with Crippen LogP contribution in [0, 0.1) is 0 Å². The number of hydrogen-bond acceptors (Lipinski definition) is 8. The molecule has 0 radical (unpaired) electrons. The highest BCUT2D eigenvalue weighted by Gasteiger charge is 2.34. The number of nitrogens with zero attached hydrogens (tertiary/aromatic N) is 1. The number of carboxylic acids is 1. The van der Waals surface area contributed by atoms with Crippen molar-refractivity contribution < 1.29 is 56.4 Å². The molecule has 0 heterocycles. The van der Waals surface area contributed by atoms with Crippen molar-refractivity contribution in [2.75, 3.05) is 32.7 Å². The minimum atomic E-state index is -4.71. The topological polar surface area (TPSA) is 141 Å². The molecule has 11 nitrogen and oxygen atoms in total. The molecule has 0 saturated carbocycles. The second-order valence-corrected chi connectivity index (χ2v) is 12.5. The Bertz CT molecular complexity index is 1930. The monoisotopic (exact) mass is 764 g/mol. The summed E-state index contributed by atoms with van der Waals surface area (Å²) in [7, 11) is 2.61. The lowest BCUT2D eigenvalue weighted by molar-refractivity contribution is -0.139. The summed E-state index contributed by atoms with van der Waals surface area (Å²) in [6, 6.07) is 19.9. The number of esters is 1. The van der Waals surface area contributed by atoms with Gasteiger partial charge in [0, 0.05) is 22.9 Å². The number of rotatable bonds is 19. The van der Waals surface area contributed by atoms with Crippen LogP contribution in [0.4, 0.5) is 18.9 Å². The van der Waals surface area contributed by atoms with E-state index in [0.717, 1.165) is 23.8 Å². The highest BCUT2D eigenvalue weighted by molar-refractivity contribution is 5.97. The Morgan fingerprint density at radius 1 is 0.745 bits per heavy atom. The highest BCUT2D eigenvalue weighted by atomic mass is 19.4. The fraction of sp³-hybridized carbons (Fsp3) is 0.317. The highest BCUT2D eigenvalue weighted by Crippen LogP contribution is 2.35. The smallest absolute Gasteiger partial charge is 0.416 e. The van der Waals surface area contributed by atoms with Crippen LogP contribution in [0.15, 0.2) is 84.9 Å². The number of carbonyl (C=O) groups excluding carboxylic acids is 3. The van der Waals surface area contributed by atoms with Gasteiger partial charge in [-0.3, -0.25) is 14.4 Å². The van der Waals surface area contributed by atoms with Gasteiger partial charge >= 0.3 is 18.1 Å². The fourth-order valence-electron chi connectivity index (χ4n) is 5.59. The number of halogens is 3. The SMILES string of the molecule is CCCCCCCOc1ccc(C(=O)Oc2ccc(CN(CC(=O)O)C(=O)c3ccc(NC(=O)Cc4ccc(OC)cc4C(F)(F)F)cc3)c(OC)c2)cc1. The predicted molar refractivity (Wildman–Crippen MR) is 198 cm³/mol. The van der Waals surface area contributed by atoms with Gasteiger partial charge in [0.1, 0.15) is 29.5 Å². The van der Waals surface area contributed by atoms with Crippen LogP contribution in [0.25, 0.3) is 0 Å². The number of carboxylic acid groups (broad SMARTS) is 1. The lowest BCUT2D eigenvalue weighted by Crippen LogP contribution is -2.35. The molecule has 4 aromatic rings. The maximum atomic E-state index is 13.6. The Kier molecular flexibility index (Phi) is 15.1. The molecule has 292 valence electrons. The molecule has 0 aliphatic carbocycles. The van der Waals surface area contributed by atoms with Crippen LogP contribution in [-0.2, 0) is 28.7 Å². The predicted octanol–water partition coefficient (Wildman–Crippen LogP) is 8.20. The number of nitrogens with one attached hydrogen (secondary N) is 1. The van der Waals surface area contributed by atoms with Crippen molar-refractivity contribution >= 4 is 29.4 Å². The van der Waals surface area contributed by atoms with E-state index in [1.54, 1.807) is 30.3 Å². The van der Waals surface area contributed by atoms with Crippen molar-refractivity contribution in [3.8, 4) is 23.0 Å². The van der Waals surface area contributed by atoms with Gasteiger partial charge in [-0.25, -0.2) is 4.79 Å². The van der Waals surface area contributed by atoms with Crippen LogP contribution < -0.4 is 24.3 Å². The zero-order valence-corrected chi connectivity index (χ0v) is 30.7.